The molecule has 0 bridgehead atoms. The molecule has 0 unspecified atom stereocenters. The average Bonchev–Trinajstić information content (AvgIpc) is 2.44. The number of rotatable bonds is 1. The molecule has 0 aromatic heterocycles. The van der Waals surface area contributed by atoms with E-state index < -0.39 is 0 Å². The molecule has 2 heteroatoms. The van der Waals surface area contributed by atoms with Crippen LogP contribution in [-0.2, 0) is 4.74 Å². The minimum absolute atomic E-state index is 0.0677. The molecule has 1 saturated carbocycles. The first-order valence-electron chi connectivity index (χ1n) is 3.36. The third-order valence-corrected chi connectivity index (χ3v) is 2.43. The van der Waals surface area contributed by atoms with Crippen LogP contribution in [-0.4, -0.2) is 13.2 Å². The summed E-state index contributed by atoms with van der Waals surface area (Å²) in [5, 5.41) is 8.69. The average molecular weight is 123 g/mol. The molecule has 2 nitrogen and oxygen atoms in total. The molecule has 48 valence electrons. The Morgan fingerprint density at radius 2 is 2.11 bits per heavy atom. The Labute approximate surface area is 54.4 Å². The number of ether oxygens (including phenoxy) is 1. The molecule has 1 saturated heterocycles. The first-order chi connectivity index (χ1) is 4.37. The monoisotopic (exact) mass is 123 g/mol. The van der Waals surface area contributed by atoms with E-state index in [1.54, 1.807) is 0 Å². The Bertz CT molecular complexity index is 162. The third kappa shape index (κ3) is 0.585. The molecule has 0 aromatic rings. The smallest absolute Gasteiger partial charge is 0.0694 e. The van der Waals surface area contributed by atoms with Gasteiger partial charge in [0.2, 0.25) is 0 Å². The molecule has 0 spiro atoms. The molecule has 1 heterocycles. The van der Waals surface area contributed by atoms with Gasteiger partial charge in [-0.1, -0.05) is 0 Å². The van der Waals surface area contributed by atoms with Crippen LogP contribution in [0.3, 0.4) is 0 Å². The van der Waals surface area contributed by atoms with Crippen molar-refractivity contribution in [2.75, 3.05) is 13.2 Å². The van der Waals surface area contributed by atoms with Crippen molar-refractivity contribution < 1.29 is 4.74 Å². The number of hydrogen-bond acceptors (Lipinski definition) is 2. The van der Waals surface area contributed by atoms with Gasteiger partial charge in [-0.3, -0.25) is 0 Å². The molecule has 0 N–H and O–H groups in total. The van der Waals surface area contributed by atoms with Crippen molar-refractivity contribution in [3.05, 3.63) is 0 Å². The second-order valence-electron chi connectivity index (χ2n) is 3.00. The SMILES string of the molecule is N#CC1(C2COC2)CC1. The quantitative estimate of drug-likeness (QED) is 0.519. The minimum atomic E-state index is 0.0677. The molecule has 2 aliphatic rings. The highest BCUT2D eigenvalue weighted by Crippen LogP contribution is 2.53. The van der Waals surface area contributed by atoms with E-state index in [0.717, 1.165) is 26.1 Å². The molecule has 2 fully saturated rings. The Morgan fingerprint density at radius 1 is 1.44 bits per heavy atom. The summed E-state index contributed by atoms with van der Waals surface area (Å²) < 4.78 is 5.01. The summed E-state index contributed by atoms with van der Waals surface area (Å²) in [5.41, 5.74) is 0.0677. The molecule has 0 aromatic carbocycles. The lowest BCUT2D eigenvalue weighted by molar-refractivity contribution is -0.0561. The summed E-state index contributed by atoms with van der Waals surface area (Å²) in [6.07, 6.45) is 2.22. The van der Waals surface area contributed by atoms with Gasteiger partial charge in [0.25, 0.3) is 0 Å². The zero-order chi connectivity index (χ0) is 6.32. The van der Waals surface area contributed by atoms with E-state index >= 15 is 0 Å². The van der Waals surface area contributed by atoms with Gasteiger partial charge < -0.3 is 4.74 Å². The molecular formula is C7H9NO. The molecule has 0 radical (unpaired) electrons. The van der Waals surface area contributed by atoms with E-state index in [9.17, 15) is 0 Å². The van der Waals surface area contributed by atoms with Gasteiger partial charge in [0.1, 0.15) is 0 Å². The minimum Gasteiger partial charge on any atom is -0.381 e. The van der Waals surface area contributed by atoms with Crippen molar-refractivity contribution in [2.45, 2.75) is 12.8 Å². The summed E-state index contributed by atoms with van der Waals surface area (Å²) in [6, 6.07) is 2.37. The number of nitriles is 1. The lowest BCUT2D eigenvalue weighted by Crippen LogP contribution is -2.34. The van der Waals surface area contributed by atoms with E-state index in [0.29, 0.717) is 5.92 Å². The van der Waals surface area contributed by atoms with Crippen molar-refractivity contribution in [1.82, 2.24) is 0 Å². The summed E-state index contributed by atoms with van der Waals surface area (Å²) in [7, 11) is 0. The van der Waals surface area contributed by atoms with Crippen molar-refractivity contribution in [2.24, 2.45) is 11.3 Å². The fraction of sp³-hybridized carbons (Fsp3) is 0.857. The topological polar surface area (TPSA) is 33.0 Å². The molecule has 1 aliphatic carbocycles. The molecule has 2 rings (SSSR count). The fourth-order valence-corrected chi connectivity index (χ4v) is 1.30. The zero-order valence-electron chi connectivity index (χ0n) is 5.26. The van der Waals surface area contributed by atoms with Gasteiger partial charge >= 0.3 is 0 Å². The highest BCUT2D eigenvalue weighted by molar-refractivity contribution is 5.14. The van der Waals surface area contributed by atoms with Gasteiger partial charge in [0.15, 0.2) is 0 Å². The van der Waals surface area contributed by atoms with E-state index in [2.05, 4.69) is 6.07 Å². The van der Waals surface area contributed by atoms with Gasteiger partial charge in [0.05, 0.1) is 24.7 Å². The van der Waals surface area contributed by atoms with Crippen LogP contribution < -0.4 is 0 Å². The molecule has 1 aliphatic heterocycles. The second kappa shape index (κ2) is 1.48. The lowest BCUT2D eigenvalue weighted by atomic mass is 9.89. The van der Waals surface area contributed by atoms with Gasteiger partial charge in [0, 0.05) is 5.92 Å². The Morgan fingerprint density at radius 3 is 2.22 bits per heavy atom. The third-order valence-electron chi connectivity index (χ3n) is 2.43. The van der Waals surface area contributed by atoms with Crippen molar-refractivity contribution >= 4 is 0 Å². The Kier molecular flexibility index (Phi) is 0.866. The maximum Gasteiger partial charge on any atom is 0.0694 e. The van der Waals surface area contributed by atoms with Crippen LogP contribution in [0.25, 0.3) is 0 Å². The number of hydrogen-bond donors (Lipinski definition) is 0. The molecule has 0 atom stereocenters. The summed E-state index contributed by atoms with van der Waals surface area (Å²) in [6.45, 7) is 1.65. The summed E-state index contributed by atoms with van der Waals surface area (Å²) in [4.78, 5) is 0. The maximum absolute atomic E-state index is 8.69. The standard InChI is InChI=1S/C7H9NO/c8-5-7(1-2-7)6-3-9-4-6/h6H,1-4H2. The van der Waals surface area contributed by atoms with Crippen LogP contribution in [0.15, 0.2) is 0 Å². The van der Waals surface area contributed by atoms with E-state index in [1.807, 2.05) is 0 Å². The first kappa shape index (κ1) is 5.25. The molecule has 9 heavy (non-hydrogen) atoms. The lowest BCUT2D eigenvalue weighted by Gasteiger charge is -2.29. The Hall–Kier alpha value is -0.550. The van der Waals surface area contributed by atoms with Gasteiger partial charge in [-0.05, 0) is 12.8 Å². The van der Waals surface area contributed by atoms with Crippen LogP contribution in [0.1, 0.15) is 12.8 Å². The van der Waals surface area contributed by atoms with E-state index in [4.69, 9.17) is 10.00 Å². The van der Waals surface area contributed by atoms with Crippen molar-refractivity contribution in [3.63, 3.8) is 0 Å². The van der Waals surface area contributed by atoms with Gasteiger partial charge in [-0.2, -0.15) is 5.26 Å². The van der Waals surface area contributed by atoms with Crippen LogP contribution >= 0.6 is 0 Å². The molecule has 0 amide bonds. The predicted molar refractivity (Wildman–Crippen MR) is 31.6 cm³/mol. The highest BCUT2D eigenvalue weighted by Gasteiger charge is 2.52. The largest absolute Gasteiger partial charge is 0.381 e. The van der Waals surface area contributed by atoms with Gasteiger partial charge in [-0.15, -0.1) is 0 Å². The predicted octanol–water partition coefficient (Wildman–Crippen LogP) is 0.937. The highest BCUT2D eigenvalue weighted by atomic mass is 16.5. The van der Waals surface area contributed by atoms with Crippen LogP contribution in [0, 0.1) is 22.7 Å². The summed E-state index contributed by atoms with van der Waals surface area (Å²) in [5.74, 6) is 0.572. The second-order valence-corrected chi connectivity index (χ2v) is 3.00. The van der Waals surface area contributed by atoms with Crippen LogP contribution in [0.4, 0.5) is 0 Å². The zero-order valence-corrected chi connectivity index (χ0v) is 5.26. The normalized spacial score (nSPS) is 30.6. The summed E-state index contributed by atoms with van der Waals surface area (Å²) >= 11 is 0. The maximum atomic E-state index is 8.69. The van der Waals surface area contributed by atoms with E-state index in [1.165, 1.54) is 0 Å². The fourth-order valence-electron chi connectivity index (χ4n) is 1.30. The van der Waals surface area contributed by atoms with Crippen molar-refractivity contribution in [3.8, 4) is 6.07 Å². The van der Waals surface area contributed by atoms with Crippen molar-refractivity contribution in [1.29, 1.82) is 5.26 Å². The van der Waals surface area contributed by atoms with Crippen LogP contribution in [0.2, 0.25) is 0 Å². The van der Waals surface area contributed by atoms with Gasteiger partial charge in [-0.25, -0.2) is 0 Å². The first-order valence-corrected chi connectivity index (χ1v) is 3.36. The molecular weight excluding hydrogens is 114 g/mol. The Balaban J connectivity index is 2.04. The number of nitrogens with zero attached hydrogens (tertiary/aromatic N) is 1. The van der Waals surface area contributed by atoms with Crippen LogP contribution in [0.5, 0.6) is 0 Å². The van der Waals surface area contributed by atoms with E-state index in [-0.39, 0.29) is 5.41 Å².